The highest BCUT2D eigenvalue weighted by molar-refractivity contribution is 6.97. The predicted molar refractivity (Wildman–Crippen MR) is 58.2 cm³/mol. The summed E-state index contributed by atoms with van der Waals surface area (Å²) in [7, 11) is 0.178. The standard InChI is InChI=1S/C9H17ClO4Si/c1-6(4-5-7(11)12)9(2,15-10)8(13)14-3/h6H,4-5,15H2,1-3H3,(H,11,12)/p-1. The van der Waals surface area contributed by atoms with E-state index in [9.17, 15) is 14.7 Å². The number of carbonyl (C=O) groups is 2. The van der Waals surface area contributed by atoms with E-state index in [1.54, 1.807) is 6.92 Å². The van der Waals surface area contributed by atoms with Crippen molar-refractivity contribution in [3.05, 3.63) is 0 Å². The van der Waals surface area contributed by atoms with Gasteiger partial charge in [-0.2, -0.15) is 11.1 Å². The van der Waals surface area contributed by atoms with Crippen LogP contribution in [0.1, 0.15) is 26.7 Å². The number of esters is 1. The van der Waals surface area contributed by atoms with Crippen molar-refractivity contribution in [2.75, 3.05) is 7.11 Å². The molecule has 0 rings (SSSR count). The van der Waals surface area contributed by atoms with E-state index in [0.29, 0.717) is 6.42 Å². The first kappa shape index (κ1) is 14.4. The molecule has 88 valence electrons. The molecule has 2 atom stereocenters. The molecule has 0 aromatic carbocycles. The van der Waals surface area contributed by atoms with Crippen molar-refractivity contribution < 1.29 is 19.4 Å². The summed E-state index contributed by atoms with van der Waals surface area (Å²) in [5.41, 5.74) is 0. The van der Waals surface area contributed by atoms with E-state index in [-0.39, 0.29) is 18.3 Å². The Balaban J connectivity index is 4.50. The van der Waals surface area contributed by atoms with Crippen LogP contribution >= 0.6 is 11.1 Å². The van der Waals surface area contributed by atoms with Crippen LogP contribution in [0.15, 0.2) is 0 Å². The summed E-state index contributed by atoms with van der Waals surface area (Å²) in [6.07, 6.45) is 0.326. The number of carboxylic acids is 1. The molecule has 0 amide bonds. The van der Waals surface area contributed by atoms with Crippen LogP contribution in [0.4, 0.5) is 0 Å². The molecule has 0 aromatic rings. The van der Waals surface area contributed by atoms with Crippen LogP contribution in [0.2, 0.25) is 5.04 Å². The van der Waals surface area contributed by atoms with Crippen molar-refractivity contribution in [3.63, 3.8) is 0 Å². The van der Waals surface area contributed by atoms with Gasteiger partial charge >= 0.3 is 5.97 Å². The van der Waals surface area contributed by atoms with E-state index in [1.807, 2.05) is 6.92 Å². The van der Waals surface area contributed by atoms with Gasteiger partial charge in [-0.25, -0.2) is 0 Å². The maximum atomic E-state index is 11.5. The minimum atomic E-state index is -1.13. The lowest BCUT2D eigenvalue weighted by atomic mass is 9.90. The van der Waals surface area contributed by atoms with Gasteiger partial charge in [0.1, 0.15) is 8.83 Å². The van der Waals surface area contributed by atoms with Gasteiger partial charge in [-0.05, 0) is 18.8 Å². The minimum absolute atomic E-state index is 0.0565. The van der Waals surface area contributed by atoms with Crippen LogP contribution in [-0.4, -0.2) is 27.9 Å². The first-order valence-electron chi connectivity index (χ1n) is 4.72. The second-order valence-electron chi connectivity index (χ2n) is 3.85. The zero-order valence-electron chi connectivity index (χ0n) is 9.21. The van der Waals surface area contributed by atoms with Crippen molar-refractivity contribution in [1.29, 1.82) is 0 Å². The summed E-state index contributed by atoms with van der Waals surface area (Å²) in [6.45, 7) is 3.55. The molecule has 0 bridgehead atoms. The molecule has 0 aliphatic carbocycles. The molecule has 0 aliphatic heterocycles. The first-order valence-corrected chi connectivity index (χ1v) is 7.57. The first-order chi connectivity index (χ1) is 6.88. The number of carboxylic acid groups (broad SMARTS) is 1. The van der Waals surface area contributed by atoms with Crippen molar-refractivity contribution >= 4 is 31.8 Å². The zero-order valence-corrected chi connectivity index (χ0v) is 11.4. The van der Waals surface area contributed by atoms with Crippen molar-refractivity contribution in [2.24, 2.45) is 5.92 Å². The number of hydrogen-bond acceptors (Lipinski definition) is 4. The topological polar surface area (TPSA) is 66.4 Å². The number of halogens is 1. The van der Waals surface area contributed by atoms with Gasteiger partial charge in [0.05, 0.1) is 12.1 Å². The van der Waals surface area contributed by atoms with Gasteiger partial charge in [-0.15, -0.1) is 0 Å². The van der Waals surface area contributed by atoms with Crippen molar-refractivity contribution in [3.8, 4) is 0 Å². The number of methoxy groups -OCH3 is 1. The number of ether oxygens (including phenoxy) is 1. The molecule has 4 nitrogen and oxygen atoms in total. The van der Waals surface area contributed by atoms with E-state index in [2.05, 4.69) is 4.74 Å². The summed E-state index contributed by atoms with van der Waals surface area (Å²) in [4.78, 5) is 21.8. The summed E-state index contributed by atoms with van der Waals surface area (Å²) < 4.78 is 4.68. The smallest absolute Gasteiger partial charge is 0.309 e. The van der Waals surface area contributed by atoms with Crippen LogP contribution in [0.25, 0.3) is 0 Å². The summed E-state index contributed by atoms with van der Waals surface area (Å²) in [6, 6.07) is 0. The minimum Gasteiger partial charge on any atom is -0.550 e. The van der Waals surface area contributed by atoms with Gasteiger partial charge in [-0.1, -0.05) is 13.8 Å². The SMILES string of the molecule is COC(=O)C(C)([SiH2]Cl)C(C)CCC(=O)[O-]. The largest absolute Gasteiger partial charge is 0.550 e. The molecule has 0 saturated heterocycles. The van der Waals surface area contributed by atoms with E-state index in [1.165, 1.54) is 7.11 Å². The third kappa shape index (κ3) is 3.83. The van der Waals surface area contributed by atoms with Crippen LogP contribution in [0.5, 0.6) is 0 Å². The van der Waals surface area contributed by atoms with E-state index < -0.39 is 19.8 Å². The Morgan fingerprint density at radius 2 is 2.13 bits per heavy atom. The lowest BCUT2D eigenvalue weighted by molar-refractivity contribution is -0.306. The van der Waals surface area contributed by atoms with Gasteiger partial charge in [0, 0.05) is 5.97 Å². The molecule has 2 unspecified atom stereocenters. The normalized spacial score (nSPS) is 17.3. The number of carbonyl (C=O) groups excluding carboxylic acids is 2. The summed E-state index contributed by atoms with van der Waals surface area (Å²) in [5.74, 6) is -1.56. The third-order valence-electron chi connectivity index (χ3n) is 2.80. The lowest BCUT2D eigenvalue weighted by Gasteiger charge is -2.30. The average molecular weight is 252 g/mol. The average Bonchev–Trinajstić information content (AvgIpc) is 2.23. The fourth-order valence-electron chi connectivity index (χ4n) is 1.27. The Kier molecular flexibility index (Phi) is 5.90. The monoisotopic (exact) mass is 251 g/mol. The van der Waals surface area contributed by atoms with Gasteiger partial charge < -0.3 is 14.6 Å². The molecule has 0 saturated carbocycles. The molecule has 0 aliphatic rings. The molecule has 0 radical (unpaired) electrons. The lowest BCUT2D eigenvalue weighted by Crippen LogP contribution is -2.33. The van der Waals surface area contributed by atoms with Crippen LogP contribution in [0, 0.1) is 5.92 Å². The summed E-state index contributed by atoms with van der Waals surface area (Å²) >= 11 is 5.87. The fourth-order valence-corrected chi connectivity index (χ4v) is 3.11. The molecule has 0 N–H and O–H groups in total. The number of rotatable bonds is 6. The van der Waals surface area contributed by atoms with Gasteiger partial charge in [-0.3, -0.25) is 4.79 Å². The van der Waals surface area contributed by atoms with Gasteiger partial charge in [0.15, 0.2) is 0 Å². The van der Waals surface area contributed by atoms with E-state index in [4.69, 9.17) is 11.1 Å². The maximum Gasteiger partial charge on any atom is 0.309 e. The third-order valence-corrected chi connectivity index (χ3v) is 6.00. The highest BCUT2D eigenvalue weighted by Gasteiger charge is 2.39. The zero-order chi connectivity index (χ0) is 12.1. The molecule has 15 heavy (non-hydrogen) atoms. The molecular weight excluding hydrogens is 236 g/mol. The quantitative estimate of drug-likeness (QED) is 0.373. The molecule has 0 aromatic heterocycles. The predicted octanol–water partition coefficient (Wildman–Crippen LogP) is -0.173. The number of hydrogen-bond donors (Lipinski definition) is 0. The van der Waals surface area contributed by atoms with E-state index in [0.717, 1.165) is 0 Å². The van der Waals surface area contributed by atoms with Crippen molar-refractivity contribution in [2.45, 2.75) is 31.7 Å². The molecule has 0 spiro atoms. The Morgan fingerprint density at radius 3 is 2.47 bits per heavy atom. The molecular formula is C9H16ClO4Si-. The van der Waals surface area contributed by atoms with E-state index >= 15 is 0 Å². The van der Waals surface area contributed by atoms with Crippen LogP contribution < -0.4 is 5.11 Å². The highest BCUT2D eigenvalue weighted by Crippen LogP contribution is 2.39. The Bertz CT molecular complexity index is 246. The second-order valence-corrected chi connectivity index (χ2v) is 6.39. The fraction of sp³-hybridized carbons (Fsp3) is 0.778. The van der Waals surface area contributed by atoms with Crippen LogP contribution in [-0.2, 0) is 14.3 Å². The van der Waals surface area contributed by atoms with Gasteiger partial charge in [0.25, 0.3) is 0 Å². The molecule has 0 fully saturated rings. The van der Waals surface area contributed by atoms with Crippen LogP contribution in [0.3, 0.4) is 0 Å². The Morgan fingerprint density at radius 1 is 1.60 bits per heavy atom. The van der Waals surface area contributed by atoms with Gasteiger partial charge in [0.2, 0.25) is 0 Å². The second kappa shape index (κ2) is 6.12. The van der Waals surface area contributed by atoms with Crippen molar-refractivity contribution in [1.82, 2.24) is 0 Å². The molecule has 6 heteroatoms. The summed E-state index contributed by atoms with van der Waals surface area (Å²) in [5, 5.41) is 9.61. The molecule has 0 heterocycles. The Labute approximate surface area is 96.5 Å². The Hall–Kier alpha value is -0.553. The highest BCUT2D eigenvalue weighted by atomic mass is 35.6. The number of aliphatic carboxylic acids is 1. The maximum absolute atomic E-state index is 11.5.